The van der Waals surface area contributed by atoms with Gasteiger partial charge in [0.05, 0.1) is 0 Å². The lowest BCUT2D eigenvalue weighted by molar-refractivity contribution is 0.0771. The second-order valence-corrected chi connectivity index (χ2v) is 6.29. The van der Waals surface area contributed by atoms with Crippen LogP contribution in [-0.2, 0) is 0 Å². The van der Waals surface area contributed by atoms with E-state index < -0.39 is 0 Å². The number of aromatic hydroxyl groups is 1. The number of amides is 1. The molecule has 4 heteroatoms. The van der Waals surface area contributed by atoms with Gasteiger partial charge in [0, 0.05) is 24.7 Å². The SMILES string of the molecule is Cc1ccc(C(=O)N2CCC(N3CCCCC3)C2)cc1O. The lowest BCUT2D eigenvalue weighted by atomic mass is 10.1. The van der Waals surface area contributed by atoms with Crippen LogP contribution in [0.5, 0.6) is 5.75 Å². The molecule has 0 spiro atoms. The Balaban J connectivity index is 1.64. The van der Waals surface area contributed by atoms with Crippen LogP contribution < -0.4 is 0 Å². The fraction of sp³-hybridized carbons (Fsp3) is 0.588. The van der Waals surface area contributed by atoms with E-state index >= 15 is 0 Å². The van der Waals surface area contributed by atoms with Crippen LogP contribution in [0.25, 0.3) is 0 Å². The third-order valence-electron chi connectivity index (χ3n) is 4.81. The summed E-state index contributed by atoms with van der Waals surface area (Å²) in [7, 11) is 0. The lowest BCUT2D eigenvalue weighted by Crippen LogP contribution is -2.41. The summed E-state index contributed by atoms with van der Waals surface area (Å²) in [4.78, 5) is 17.0. The van der Waals surface area contributed by atoms with E-state index in [2.05, 4.69) is 4.90 Å². The van der Waals surface area contributed by atoms with E-state index in [-0.39, 0.29) is 11.7 Å². The number of benzene rings is 1. The number of carbonyl (C=O) groups is 1. The van der Waals surface area contributed by atoms with Crippen molar-refractivity contribution in [3.63, 3.8) is 0 Å². The third-order valence-corrected chi connectivity index (χ3v) is 4.81. The number of hydrogen-bond acceptors (Lipinski definition) is 3. The van der Waals surface area contributed by atoms with Crippen molar-refractivity contribution in [2.75, 3.05) is 26.2 Å². The minimum Gasteiger partial charge on any atom is -0.508 e. The fourth-order valence-electron chi connectivity index (χ4n) is 3.43. The molecule has 0 aliphatic carbocycles. The Labute approximate surface area is 126 Å². The summed E-state index contributed by atoms with van der Waals surface area (Å²) in [5, 5.41) is 9.77. The molecule has 1 atom stereocenters. The van der Waals surface area contributed by atoms with E-state index in [0.29, 0.717) is 11.6 Å². The zero-order valence-electron chi connectivity index (χ0n) is 12.7. The molecule has 21 heavy (non-hydrogen) atoms. The van der Waals surface area contributed by atoms with E-state index in [0.717, 1.165) is 25.1 Å². The van der Waals surface area contributed by atoms with Crippen molar-refractivity contribution in [2.24, 2.45) is 0 Å². The van der Waals surface area contributed by atoms with Gasteiger partial charge >= 0.3 is 0 Å². The maximum Gasteiger partial charge on any atom is 0.254 e. The molecule has 1 amide bonds. The van der Waals surface area contributed by atoms with Gasteiger partial charge in [-0.25, -0.2) is 0 Å². The molecule has 4 nitrogen and oxygen atoms in total. The van der Waals surface area contributed by atoms with Crippen molar-refractivity contribution in [1.82, 2.24) is 9.80 Å². The minimum atomic E-state index is 0.0461. The number of phenolic OH excluding ortho intramolecular Hbond substituents is 1. The summed E-state index contributed by atoms with van der Waals surface area (Å²) >= 11 is 0. The van der Waals surface area contributed by atoms with Gasteiger partial charge < -0.3 is 10.0 Å². The number of aryl methyl sites for hydroxylation is 1. The topological polar surface area (TPSA) is 43.8 Å². The van der Waals surface area contributed by atoms with Gasteiger partial charge in [-0.15, -0.1) is 0 Å². The van der Waals surface area contributed by atoms with Crippen LogP contribution in [0.1, 0.15) is 41.6 Å². The van der Waals surface area contributed by atoms with Crippen molar-refractivity contribution in [3.8, 4) is 5.75 Å². The minimum absolute atomic E-state index is 0.0461. The summed E-state index contributed by atoms with van der Waals surface area (Å²) in [6, 6.07) is 5.73. The Morgan fingerprint density at radius 1 is 1.19 bits per heavy atom. The summed E-state index contributed by atoms with van der Waals surface area (Å²) < 4.78 is 0. The van der Waals surface area contributed by atoms with E-state index in [1.165, 1.54) is 32.4 Å². The number of carbonyl (C=O) groups excluding carboxylic acids is 1. The van der Waals surface area contributed by atoms with E-state index in [9.17, 15) is 9.90 Å². The second kappa shape index (κ2) is 6.06. The van der Waals surface area contributed by atoms with Crippen molar-refractivity contribution in [2.45, 2.75) is 38.6 Å². The molecule has 2 fully saturated rings. The molecule has 2 saturated heterocycles. The standard InChI is InChI=1S/C17H24N2O2/c1-13-5-6-14(11-16(13)20)17(21)19-10-7-15(12-19)18-8-3-2-4-9-18/h5-6,11,15,20H,2-4,7-10,12H2,1H3. The Bertz CT molecular complexity index is 524. The zero-order valence-corrected chi connectivity index (χ0v) is 12.7. The van der Waals surface area contributed by atoms with Gasteiger partial charge in [-0.05, 0) is 57.0 Å². The molecular weight excluding hydrogens is 264 g/mol. The molecule has 1 N–H and O–H groups in total. The van der Waals surface area contributed by atoms with Gasteiger partial charge in [-0.2, -0.15) is 0 Å². The first-order chi connectivity index (χ1) is 10.1. The van der Waals surface area contributed by atoms with Gasteiger partial charge in [0.2, 0.25) is 0 Å². The summed E-state index contributed by atoms with van der Waals surface area (Å²) in [6.07, 6.45) is 4.99. The van der Waals surface area contributed by atoms with Gasteiger partial charge in [0.1, 0.15) is 5.75 Å². The molecule has 114 valence electrons. The highest BCUT2D eigenvalue weighted by Crippen LogP contribution is 2.23. The molecular formula is C17H24N2O2. The number of rotatable bonds is 2. The molecule has 3 rings (SSSR count). The maximum absolute atomic E-state index is 12.5. The Hall–Kier alpha value is -1.55. The largest absolute Gasteiger partial charge is 0.508 e. The van der Waals surface area contributed by atoms with Crippen LogP contribution >= 0.6 is 0 Å². The van der Waals surface area contributed by atoms with Crippen LogP contribution in [0.3, 0.4) is 0 Å². The van der Waals surface area contributed by atoms with E-state index in [4.69, 9.17) is 0 Å². The third kappa shape index (κ3) is 3.05. The molecule has 0 bridgehead atoms. The Morgan fingerprint density at radius 2 is 1.95 bits per heavy atom. The van der Waals surface area contributed by atoms with Crippen molar-refractivity contribution in [3.05, 3.63) is 29.3 Å². The average molecular weight is 288 g/mol. The van der Waals surface area contributed by atoms with Crippen LogP contribution in [0.15, 0.2) is 18.2 Å². The zero-order chi connectivity index (χ0) is 14.8. The fourth-order valence-corrected chi connectivity index (χ4v) is 3.43. The molecule has 1 aromatic carbocycles. The highest BCUT2D eigenvalue weighted by atomic mass is 16.3. The first-order valence-electron chi connectivity index (χ1n) is 7.98. The van der Waals surface area contributed by atoms with Gasteiger partial charge in [-0.3, -0.25) is 9.69 Å². The number of piperidine rings is 1. The first-order valence-corrected chi connectivity index (χ1v) is 7.98. The van der Waals surface area contributed by atoms with Gasteiger partial charge in [0.15, 0.2) is 0 Å². The summed E-state index contributed by atoms with van der Waals surface area (Å²) in [6.45, 7) is 5.85. The molecule has 2 aliphatic heterocycles. The van der Waals surface area contributed by atoms with Crippen molar-refractivity contribution in [1.29, 1.82) is 0 Å². The molecule has 1 aromatic rings. The number of hydrogen-bond donors (Lipinski definition) is 1. The molecule has 2 aliphatic rings. The highest BCUT2D eigenvalue weighted by Gasteiger charge is 2.31. The number of phenols is 1. The van der Waals surface area contributed by atoms with Crippen molar-refractivity contribution < 1.29 is 9.90 Å². The van der Waals surface area contributed by atoms with Gasteiger partial charge in [-0.1, -0.05) is 12.5 Å². The van der Waals surface area contributed by atoms with Crippen LogP contribution in [0.4, 0.5) is 0 Å². The highest BCUT2D eigenvalue weighted by molar-refractivity contribution is 5.95. The predicted octanol–water partition coefficient (Wildman–Crippen LogP) is 2.40. The maximum atomic E-state index is 12.5. The van der Waals surface area contributed by atoms with Crippen LogP contribution in [0.2, 0.25) is 0 Å². The monoisotopic (exact) mass is 288 g/mol. The molecule has 2 heterocycles. The molecule has 0 radical (unpaired) electrons. The van der Waals surface area contributed by atoms with E-state index in [1.54, 1.807) is 12.1 Å². The summed E-state index contributed by atoms with van der Waals surface area (Å²) in [5.74, 6) is 0.248. The van der Waals surface area contributed by atoms with Crippen LogP contribution in [0, 0.1) is 6.92 Å². The van der Waals surface area contributed by atoms with E-state index in [1.807, 2.05) is 17.9 Å². The average Bonchev–Trinajstić information content (AvgIpc) is 3.00. The smallest absolute Gasteiger partial charge is 0.254 e. The van der Waals surface area contributed by atoms with Crippen LogP contribution in [-0.4, -0.2) is 53.0 Å². The molecule has 1 unspecified atom stereocenters. The lowest BCUT2D eigenvalue weighted by Gasteiger charge is -2.32. The Kier molecular flexibility index (Phi) is 4.15. The number of likely N-dealkylation sites (tertiary alicyclic amines) is 2. The van der Waals surface area contributed by atoms with Gasteiger partial charge in [0.25, 0.3) is 5.91 Å². The summed E-state index contributed by atoms with van der Waals surface area (Å²) in [5.41, 5.74) is 1.40. The first kappa shape index (κ1) is 14.4. The van der Waals surface area contributed by atoms with Crippen molar-refractivity contribution >= 4 is 5.91 Å². The molecule has 0 saturated carbocycles. The molecule has 0 aromatic heterocycles. The predicted molar refractivity (Wildman–Crippen MR) is 82.6 cm³/mol. The number of nitrogens with zero attached hydrogens (tertiary/aromatic N) is 2. The quantitative estimate of drug-likeness (QED) is 0.909. The Morgan fingerprint density at radius 3 is 2.67 bits per heavy atom. The second-order valence-electron chi connectivity index (χ2n) is 6.29. The normalized spacial score (nSPS) is 23.5.